The fraction of sp³-hybridized carbons (Fsp3) is 0.105. The standard InChI is InChI=1S/C38H30B2N6O6/c47-37(25-13-15-33(43-21-25)31-11-1-3-17-41-31)45-29-9-5-7-27(19-29)39-49-23-36-35(51-39)24-50-40(52-36)28-8-6-10-30(20-28)46-38(48)26-14-16-34(44-22-26)32-12-2-4-18-42-32/h1-22,35-36H,23-24H2,(H,45,47)(H,46,48)/t35-,36-/m0/s1. The van der Waals surface area contributed by atoms with E-state index in [4.69, 9.17) is 18.6 Å². The van der Waals surface area contributed by atoms with Crippen LogP contribution in [0, 0.1) is 0 Å². The molecule has 2 aromatic carbocycles. The minimum atomic E-state index is -0.674. The lowest BCUT2D eigenvalue weighted by Gasteiger charge is -2.40. The number of benzene rings is 2. The highest BCUT2D eigenvalue weighted by molar-refractivity contribution is 6.62. The largest absolute Gasteiger partial charge is 0.494 e. The Morgan fingerprint density at radius 3 is 1.40 bits per heavy atom. The molecule has 2 saturated heterocycles. The van der Waals surface area contributed by atoms with Gasteiger partial charge in [-0.1, -0.05) is 36.4 Å². The predicted molar refractivity (Wildman–Crippen MR) is 196 cm³/mol. The molecule has 52 heavy (non-hydrogen) atoms. The number of carbonyl (C=O) groups is 2. The lowest BCUT2D eigenvalue weighted by Crippen LogP contribution is -2.60. The average molecular weight is 688 g/mol. The summed E-state index contributed by atoms with van der Waals surface area (Å²) in [5.74, 6) is -0.586. The van der Waals surface area contributed by atoms with Gasteiger partial charge in [-0.2, -0.15) is 0 Å². The van der Waals surface area contributed by atoms with Gasteiger partial charge in [0.05, 0.1) is 59.3 Å². The van der Waals surface area contributed by atoms with Crippen molar-refractivity contribution in [3.63, 3.8) is 0 Å². The van der Waals surface area contributed by atoms with Gasteiger partial charge in [0.15, 0.2) is 0 Å². The molecule has 0 spiro atoms. The molecule has 2 fully saturated rings. The molecule has 8 rings (SSSR count). The SMILES string of the molecule is O=C(Nc1cccc(B2OC[C@@H]3OB(c4cccc(NC(=O)c5ccc(-c6ccccn6)nc5)c4)OC[C@@H]3O2)c1)c1ccc(-c2ccccn2)nc1. The quantitative estimate of drug-likeness (QED) is 0.225. The summed E-state index contributed by atoms with van der Waals surface area (Å²) in [7, 11) is -1.35. The third-order valence-electron chi connectivity index (χ3n) is 8.57. The minimum absolute atomic E-state index is 0.276. The van der Waals surface area contributed by atoms with Crippen molar-refractivity contribution in [3.8, 4) is 22.8 Å². The number of nitrogens with zero attached hydrogens (tertiary/aromatic N) is 4. The van der Waals surface area contributed by atoms with Gasteiger partial charge in [0.1, 0.15) is 0 Å². The third-order valence-corrected chi connectivity index (χ3v) is 8.57. The summed E-state index contributed by atoms with van der Waals surface area (Å²) in [6.07, 6.45) is 5.71. The molecule has 12 nitrogen and oxygen atoms in total. The zero-order valence-electron chi connectivity index (χ0n) is 27.7. The van der Waals surface area contributed by atoms with E-state index in [-0.39, 0.29) is 37.2 Å². The molecule has 2 aliphatic heterocycles. The fourth-order valence-electron chi connectivity index (χ4n) is 5.90. The van der Waals surface area contributed by atoms with Crippen LogP contribution in [0.25, 0.3) is 22.8 Å². The molecule has 254 valence electrons. The maximum atomic E-state index is 13.0. The number of hydrogen-bond acceptors (Lipinski definition) is 10. The highest BCUT2D eigenvalue weighted by Crippen LogP contribution is 2.22. The van der Waals surface area contributed by atoms with Gasteiger partial charge in [0.25, 0.3) is 11.8 Å². The van der Waals surface area contributed by atoms with E-state index in [2.05, 4.69) is 30.6 Å². The first kappa shape index (κ1) is 33.1. The van der Waals surface area contributed by atoms with Crippen molar-refractivity contribution >= 4 is 48.4 Å². The topological polar surface area (TPSA) is 147 Å². The lowest BCUT2D eigenvalue weighted by molar-refractivity contribution is -0.0884. The smallest absolute Gasteiger partial charge is 0.405 e. The first-order valence-electron chi connectivity index (χ1n) is 16.7. The van der Waals surface area contributed by atoms with Crippen molar-refractivity contribution in [2.24, 2.45) is 0 Å². The summed E-state index contributed by atoms with van der Waals surface area (Å²) in [6.45, 7) is 0.552. The van der Waals surface area contributed by atoms with Crippen molar-refractivity contribution in [3.05, 3.63) is 145 Å². The summed E-state index contributed by atoms with van der Waals surface area (Å²) in [4.78, 5) is 43.4. The van der Waals surface area contributed by atoms with Gasteiger partial charge in [-0.15, -0.1) is 0 Å². The van der Waals surface area contributed by atoms with E-state index >= 15 is 0 Å². The number of hydrogen-bond donors (Lipinski definition) is 2. The molecule has 14 heteroatoms. The van der Waals surface area contributed by atoms with Crippen molar-refractivity contribution in [2.45, 2.75) is 12.2 Å². The second-order valence-corrected chi connectivity index (χ2v) is 12.1. The van der Waals surface area contributed by atoms with E-state index in [0.29, 0.717) is 33.9 Å². The van der Waals surface area contributed by atoms with E-state index in [0.717, 1.165) is 22.3 Å². The number of carbonyl (C=O) groups excluding carboxylic acids is 2. The van der Waals surface area contributed by atoms with E-state index in [9.17, 15) is 9.59 Å². The minimum Gasteiger partial charge on any atom is -0.405 e. The molecule has 0 unspecified atom stereocenters. The maximum absolute atomic E-state index is 13.0. The number of rotatable bonds is 8. The average Bonchev–Trinajstić information content (AvgIpc) is 3.21. The Kier molecular flexibility index (Phi) is 9.59. The predicted octanol–water partition coefficient (Wildman–Crippen LogP) is 4.03. The van der Waals surface area contributed by atoms with Crippen molar-refractivity contribution in [2.75, 3.05) is 23.8 Å². The third kappa shape index (κ3) is 7.50. The Balaban J connectivity index is 0.854. The van der Waals surface area contributed by atoms with Crippen LogP contribution in [0.4, 0.5) is 11.4 Å². The normalized spacial score (nSPS) is 16.8. The van der Waals surface area contributed by atoms with Crippen LogP contribution in [-0.4, -0.2) is 71.4 Å². The Morgan fingerprint density at radius 1 is 0.538 bits per heavy atom. The molecule has 2 N–H and O–H groups in total. The van der Waals surface area contributed by atoms with Gasteiger partial charge in [0, 0.05) is 36.2 Å². The van der Waals surface area contributed by atoms with Gasteiger partial charge in [-0.05, 0) is 83.7 Å². The number of pyridine rings is 4. The number of aromatic nitrogens is 4. The maximum Gasteiger partial charge on any atom is 0.494 e. The Hall–Kier alpha value is -6.05. The molecular formula is C38H30B2N6O6. The zero-order chi connectivity index (χ0) is 35.3. The molecule has 0 saturated carbocycles. The Morgan fingerprint density at radius 2 is 1.00 bits per heavy atom. The Labute approximate surface area is 299 Å². The summed E-state index contributed by atoms with van der Waals surface area (Å²) in [6, 6.07) is 32.8. The second kappa shape index (κ2) is 15.1. The molecule has 2 atom stereocenters. The van der Waals surface area contributed by atoms with Crippen LogP contribution < -0.4 is 21.6 Å². The van der Waals surface area contributed by atoms with Gasteiger partial charge in [-0.3, -0.25) is 29.5 Å². The highest BCUT2D eigenvalue weighted by Gasteiger charge is 2.43. The molecule has 6 aromatic rings. The first-order chi connectivity index (χ1) is 25.6. The van der Waals surface area contributed by atoms with Gasteiger partial charge >= 0.3 is 14.2 Å². The molecule has 4 aromatic heterocycles. The Bertz CT molecular complexity index is 2030. The van der Waals surface area contributed by atoms with E-state index in [1.165, 1.54) is 12.4 Å². The van der Waals surface area contributed by atoms with Gasteiger partial charge in [-0.25, -0.2) is 0 Å². The monoisotopic (exact) mass is 688 g/mol. The molecule has 0 bridgehead atoms. The number of fused-ring (bicyclic) bond motifs is 1. The zero-order valence-corrected chi connectivity index (χ0v) is 27.7. The highest BCUT2D eigenvalue weighted by atomic mass is 16.7. The van der Waals surface area contributed by atoms with Gasteiger partial charge in [0.2, 0.25) is 0 Å². The first-order valence-corrected chi connectivity index (χ1v) is 16.7. The molecule has 6 heterocycles. The number of nitrogens with one attached hydrogen (secondary N) is 2. The summed E-state index contributed by atoms with van der Waals surface area (Å²) >= 11 is 0. The molecule has 2 aliphatic rings. The lowest BCUT2D eigenvalue weighted by atomic mass is 9.74. The number of anilines is 2. The van der Waals surface area contributed by atoms with Crippen molar-refractivity contribution in [1.29, 1.82) is 0 Å². The fourth-order valence-corrected chi connectivity index (χ4v) is 5.90. The van der Waals surface area contributed by atoms with Crippen LogP contribution >= 0.6 is 0 Å². The molecule has 0 radical (unpaired) electrons. The van der Waals surface area contributed by atoms with Crippen LogP contribution in [0.5, 0.6) is 0 Å². The van der Waals surface area contributed by atoms with E-state index in [1.807, 2.05) is 72.8 Å². The van der Waals surface area contributed by atoms with Crippen molar-refractivity contribution in [1.82, 2.24) is 19.9 Å². The summed E-state index contributed by atoms with van der Waals surface area (Å²) < 4.78 is 24.7. The van der Waals surface area contributed by atoms with Crippen LogP contribution in [0.2, 0.25) is 0 Å². The van der Waals surface area contributed by atoms with Gasteiger partial charge < -0.3 is 29.3 Å². The van der Waals surface area contributed by atoms with E-state index < -0.39 is 14.2 Å². The van der Waals surface area contributed by atoms with Crippen LogP contribution in [0.3, 0.4) is 0 Å². The molecular weight excluding hydrogens is 658 g/mol. The van der Waals surface area contributed by atoms with Crippen LogP contribution in [0.15, 0.2) is 134 Å². The summed E-state index contributed by atoms with van der Waals surface area (Å²) in [5.41, 5.74) is 6.33. The molecule has 2 amide bonds. The van der Waals surface area contributed by atoms with Crippen LogP contribution in [0.1, 0.15) is 20.7 Å². The number of amides is 2. The summed E-state index contributed by atoms with van der Waals surface area (Å²) in [5, 5.41) is 5.85. The van der Waals surface area contributed by atoms with Crippen molar-refractivity contribution < 1.29 is 28.2 Å². The van der Waals surface area contributed by atoms with Crippen LogP contribution in [-0.2, 0) is 18.6 Å². The van der Waals surface area contributed by atoms with E-state index in [1.54, 1.807) is 48.8 Å². The molecule has 0 aliphatic carbocycles. The second-order valence-electron chi connectivity index (χ2n) is 12.1.